The van der Waals surface area contributed by atoms with Crippen molar-refractivity contribution in [1.82, 2.24) is 19.7 Å². The summed E-state index contributed by atoms with van der Waals surface area (Å²) in [6.45, 7) is 4.52. The van der Waals surface area contributed by atoms with Gasteiger partial charge in [0.05, 0.1) is 0 Å². The van der Waals surface area contributed by atoms with Crippen LogP contribution >= 0.6 is 15.9 Å². The van der Waals surface area contributed by atoms with Crippen LogP contribution in [0.3, 0.4) is 0 Å². The molecule has 0 spiro atoms. The SMILES string of the molecule is Nc1nc(Br)n(CCCN2CCCC2)n1. The summed E-state index contributed by atoms with van der Waals surface area (Å²) < 4.78 is 2.53. The topological polar surface area (TPSA) is 60.0 Å². The molecule has 0 unspecified atom stereocenters. The van der Waals surface area contributed by atoms with Crippen molar-refractivity contribution in [3.63, 3.8) is 0 Å². The smallest absolute Gasteiger partial charge is 0.240 e. The number of aromatic nitrogens is 3. The van der Waals surface area contributed by atoms with Crippen LogP contribution in [0.1, 0.15) is 19.3 Å². The summed E-state index contributed by atoms with van der Waals surface area (Å²) in [5.74, 6) is 0.336. The van der Waals surface area contributed by atoms with Crippen LogP contribution in [-0.4, -0.2) is 39.3 Å². The first kappa shape index (κ1) is 10.9. The lowest BCUT2D eigenvalue weighted by Gasteiger charge is -2.13. The van der Waals surface area contributed by atoms with Gasteiger partial charge in [-0.25, -0.2) is 4.68 Å². The molecule has 2 N–H and O–H groups in total. The Kier molecular flexibility index (Phi) is 3.58. The lowest BCUT2D eigenvalue weighted by atomic mass is 10.4. The quantitative estimate of drug-likeness (QED) is 0.893. The lowest BCUT2D eigenvalue weighted by Crippen LogP contribution is -2.21. The third-order valence-electron chi connectivity index (χ3n) is 2.69. The molecule has 1 saturated heterocycles. The molecule has 15 heavy (non-hydrogen) atoms. The fourth-order valence-electron chi connectivity index (χ4n) is 1.93. The molecule has 1 aliphatic heterocycles. The van der Waals surface area contributed by atoms with Crippen LogP contribution in [0.25, 0.3) is 0 Å². The predicted molar refractivity (Wildman–Crippen MR) is 62.4 cm³/mol. The second-order valence-corrected chi connectivity index (χ2v) is 4.57. The van der Waals surface area contributed by atoms with Gasteiger partial charge in [-0.3, -0.25) is 0 Å². The third kappa shape index (κ3) is 2.92. The van der Waals surface area contributed by atoms with E-state index < -0.39 is 0 Å². The first-order valence-electron chi connectivity index (χ1n) is 5.34. The number of nitrogen functional groups attached to an aromatic ring is 1. The first-order valence-corrected chi connectivity index (χ1v) is 6.13. The zero-order chi connectivity index (χ0) is 10.7. The van der Waals surface area contributed by atoms with E-state index in [4.69, 9.17) is 5.73 Å². The molecule has 0 bridgehead atoms. The van der Waals surface area contributed by atoms with E-state index in [1.54, 1.807) is 0 Å². The Morgan fingerprint density at radius 2 is 2.00 bits per heavy atom. The Balaban J connectivity index is 1.75. The number of rotatable bonds is 4. The van der Waals surface area contributed by atoms with E-state index in [2.05, 4.69) is 30.9 Å². The highest BCUT2D eigenvalue weighted by atomic mass is 79.9. The minimum absolute atomic E-state index is 0.336. The number of hydrogen-bond acceptors (Lipinski definition) is 4. The van der Waals surface area contributed by atoms with Gasteiger partial charge in [-0.2, -0.15) is 4.98 Å². The standard InChI is InChI=1S/C9H16BrN5/c10-8-12-9(11)13-15(8)7-3-6-14-4-1-2-5-14/h1-7H2,(H2,11,13). The van der Waals surface area contributed by atoms with Crippen LogP contribution in [-0.2, 0) is 6.54 Å². The summed E-state index contributed by atoms with van der Waals surface area (Å²) in [6, 6.07) is 0. The second-order valence-electron chi connectivity index (χ2n) is 3.86. The minimum atomic E-state index is 0.336. The number of halogens is 1. The first-order chi connectivity index (χ1) is 7.25. The van der Waals surface area contributed by atoms with Crippen LogP contribution in [0.5, 0.6) is 0 Å². The maximum Gasteiger partial charge on any atom is 0.240 e. The summed E-state index contributed by atoms with van der Waals surface area (Å²) in [5, 5.41) is 4.09. The zero-order valence-corrected chi connectivity index (χ0v) is 10.3. The van der Waals surface area contributed by atoms with Crippen molar-refractivity contribution in [1.29, 1.82) is 0 Å². The molecule has 5 nitrogen and oxygen atoms in total. The molecule has 0 aromatic carbocycles. The molecule has 0 radical (unpaired) electrons. The molecular formula is C9H16BrN5. The number of anilines is 1. The van der Waals surface area contributed by atoms with E-state index in [-0.39, 0.29) is 0 Å². The highest BCUT2D eigenvalue weighted by molar-refractivity contribution is 9.10. The molecule has 2 rings (SSSR count). The van der Waals surface area contributed by atoms with Crippen molar-refractivity contribution in [2.45, 2.75) is 25.8 Å². The van der Waals surface area contributed by atoms with Gasteiger partial charge in [-0.05, 0) is 54.8 Å². The monoisotopic (exact) mass is 273 g/mol. The van der Waals surface area contributed by atoms with Crippen molar-refractivity contribution < 1.29 is 0 Å². The van der Waals surface area contributed by atoms with Crippen LogP contribution in [0.15, 0.2) is 4.73 Å². The van der Waals surface area contributed by atoms with Gasteiger partial charge in [0.2, 0.25) is 5.95 Å². The van der Waals surface area contributed by atoms with Gasteiger partial charge in [0.15, 0.2) is 4.73 Å². The normalized spacial score (nSPS) is 17.4. The Labute approximate surface area is 97.8 Å². The summed E-state index contributed by atoms with van der Waals surface area (Å²) in [6.07, 6.45) is 3.79. The molecular weight excluding hydrogens is 258 g/mol. The molecule has 0 atom stereocenters. The number of nitrogens with zero attached hydrogens (tertiary/aromatic N) is 4. The van der Waals surface area contributed by atoms with Crippen LogP contribution in [0.2, 0.25) is 0 Å². The predicted octanol–water partition coefficient (Wildman–Crippen LogP) is 1.11. The Bertz CT molecular complexity index is 318. The number of likely N-dealkylation sites (tertiary alicyclic amines) is 1. The Hall–Kier alpha value is -0.620. The Morgan fingerprint density at radius 1 is 1.27 bits per heavy atom. The molecule has 6 heteroatoms. The van der Waals surface area contributed by atoms with Crippen molar-refractivity contribution in [2.75, 3.05) is 25.4 Å². The Morgan fingerprint density at radius 3 is 2.60 bits per heavy atom. The highest BCUT2D eigenvalue weighted by Crippen LogP contribution is 2.10. The summed E-state index contributed by atoms with van der Waals surface area (Å²) in [4.78, 5) is 6.49. The largest absolute Gasteiger partial charge is 0.366 e. The van der Waals surface area contributed by atoms with Crippen LogP contribution in [0.4, 0.5) is 5.95 Å². The van der Waals surface area contributed by atoms with E-state index in [1.165, 1.54) is 25.9 Å². The van der Waals surface area contributed by atoms with Gasteiger partial charge in [-0.15, -0.1) is 5.10 Å². The fraction of sp³-hybridized carbons (Fsp3) is 0.778. The second kappa shape index (κ2) is 4.94. The number of aryl methyl sites for hydroxylation is 1. The maximum absolute atomic E-state index is 5.49. The molecule has 0 aliphatic carbocycles. The molecule has 0 amide bonds. The maximum atomic E-state index is 5.49. The fourth-order valence-corrected chi connectivity index (χ4v) is 2.37. The molecule has 1 aromatic heterocycles. The third-order valence-corrected chi connectivity index (χ3v) is 3.27. The average molecular weight is 274 g/mol. The molecule has 1 aliphatic rings. The summed E-state index contributed by atoms with van der Waals surface area (Å²) in [5.41, 5.74) is 5.49. The van der Waals surface area contributed by atoms with Crippen molar-refractivity contribution in [3.05, 3.63) is 4.73 Å². The highest BCUT2D eigenvalue weighted by Gasteiger charge is 2.11. The van der Waals surface area contributed by atoms with Gasteiger partial charge >= 0.3 is 0 Å². The lowest BCUT2D eigenvalue weighted by molar-refractivity contribution is 0.321. The molecule has 0 saturated carbocycles. The van der Waals surface area contributed by atoms with Gasteiger partial charge < -0.3 is 10.6 Å². The van der Waals surface area contributed by atoms with E-state index in [0.717, 1.165) is 24.2 Å². The van der Waals surface area contributed by atoms with Gasteiger partial charge in [0.25, 0.3) is 0 Å². The van der Waals surface area contributed by atoms with Gasteiger partial charge in [0, 0.05) is 6.54 Å². The van der Waals surface area contributed by atoms with Gasteiger partial charge in [-0.1, -0.05) is 0 Å². The van der Waals surface area contributed by atoms with E-state index in [9.17, 15) is 0 Å². The van der Waals surface area contributed by atoms with Crippen LogP contribution in [0, 0.1) is 0 Å². The molecule has 84 valence electrons. The van der Waals surface area contributed by atoms with Crippen molar-refractivity contribution in [3.8, 4) is 0 Å². The summed E-state index contributed by atoms with van der Waals surface area (Å²) in [7, 11) is 0. The van der Waals surface area contributed by atoms with Crippen molar-refractivity contribution in [2.24, 2.45) is 0 Å². The van der Waals surface area contributed by atoms with E-state index >= 15 is 0 Å². The number of nitrogens with two attached hydrogens (primary N) is 1. The zero-order valence-electron chi connectivity index (χ0n) is 8.69. The minimum Gasteiger partial charge on any atom is -0.366 e. The van der Waals surface area contributed by atoms with Crippen LogP contribution < -0.4 is 5.73 Å². The van der Waals surface area contributed by atoms with Gasteiger partial charge in [0.1, 0.15) is 0 Å². The average Bonchev–Trinajstić information content (AvgIpc) is 2.77. The van der Waals surface area contributed by atoms with E-state index in [0.29, 0.717) is 5.95 Å². The molecule has 1 aromatic rings. The number of hydrogen-bond donors (Lipinski definition) is 1. The molecule has 2 heterocycles. The van der Waals surface area contributed by atoms with Crippen molar-refractivity contribution >= 4 is 21.9 Å². The summed E-state index contributed by atoms with van der Waals surface area (Å²) >= 11 is 3.33. The van der Waals surface area contributed by atoms with E-state index in [1.807, 2.05) is 4.68 Å². The molecule has 1 fully saturated rings.